The lowest BCUT2D eigenvalue weighted by molar-refractivity contribution is 0.0992. The molecule has 25 heavy (non-hydrogen) atoms. The highest BCUT2D eigenvalue weighted by atomic mass is 79.9. The monoisotopic (exact) mass is 427 g/mol. The van der Waals surface area contributed by atoms with E-state index in [0.717, 1.165) is 6.26 Å². The van der Waals surface area contributed by atoms with Crippen molar-refractivity contribution >= 4 is 37.4 Å². The van der Waals surface area contributed by atoms with Crippen LogP contribution in [0.15, 0.2) is 45.8 Å². The van der Waals surface area contributed by atoms with Gasteiger partial charge in [-0.3, -0.25) is 4.79 Å². The molecule has 2 aromatic carbocycles. The number of amides is 1. The minimum absolute atomic E-state index is 0.198. The summed E-state index contributed by atoms with van der Waals surface area (Å²) < 4.78 is 34.2. The van der Waals surface area contributed by atoms with Gasteiger partial charge in [0.15, 0.2) is 9.84 Å². The molecule has 0 aliphatic rings. The normalized spacial score (nSPS) is 11.1. The summed E-state index contributed by atoms with van der Waals surface area (Å²) in [5, 5.41) is 0. The number of rotatable bonds is 5. The topological polar surface area (TPSA) is 72.9 Å². The predicted octanol–water partition coefficient (Wildman–Crippen LogP) is 3.15. The summed E-state index contributed by atoms with van der Waals surface area (Å²) in [4.78, 5) is 14.4. The fourth-order valence-corrected chi connectivity index (χ4v) is 3.40. The third-order valence-corrected chi connectivity index (χ3v) is 5.56. The SMILES string of the molecule is COc1cc(C(=O)N(C)c2ccc(S(C)(=O)=O)cc2)cc(OC)c1Br. The molecular weight excluding hydrogens is 410 g/mol. The Morgan fingerprint density at radius 1 is 1.04 bits per heavy atom. The first-order valence-corrected chi connectivity index (χ1v) is 9.87. The first kappa shape index (κ1) is 19.3. The molecule has 0 saturated carbocycles. The Hall–Kier alpha value is -2.06. The Labute approximate surface area is 155 Å². The van der Waals surface area contributed by atoms with Crippen LogP contribution in [0.25, 0.3) is 0 Å². The van der Waals surface area contributed by atoms with Crippen molar-refractivity contribution in [1.29, 1.82) is 0 Å². The van der Waals surface area contributed by atoms with Crippen molar-refractivity contribution in [2.75, 3.05) is 32.4 Å². The van der Waals surface area contributed by atoms with Crippen molar-refractivity contribution in [2.24, 2.45) is 0 Å². The molecule has 1 amide bonds. The van der Waals surface area contributed by atoms with Gasteiger partial charge in [0.2, 0.25) is 0 Å². The number of halogens is 1. The molecule has 0 radical (unpaired) electrons. The van der Waals surface area contributed by atoms with Gasteiger partial charge in [-0.05, 0) is 52.3 Å². The Morgan fingerprint density at radius 2 is 1.52 bits per heavy atom. The van der Waals surface area contributed by atoms with Crippen molar-refractivity contribution < 1.29 is 22.7 Å². The van der Waals surface area contributed by atoms with Crippen molar-refractivity contribution in [3.05, 3.63) is 46.4 Å². The molecule has 2 rings (SSSR count). The van der Waals surface area contributed by atoms with Crippen molar-refractivity contribution in [2.45, 2.75) is 4.90 Å². The summed E-state index contributed by atoms with van der Waals surface area (Å²) in [6.07, 6.45) is 1.14. The van der Waals surface area contributed by atoms with Gasteiger partial charge < -0.3 is 14.4 Å². The van der Waals surface area contributed by atoms with Crippen molar-refractivity contribution in [3.63, 3.8) is 0 Å². The lowest BCUT2D eigenvalue weighted by Crippen LogP contribution is -2.26. The molecule has 0 aliphatic carbocycles. The molecule has 0 N–H and O–H groups in total. The van der Waals surface area contributed by atoms with Crippen LogP contribution in [0.3, 0.4) is 0 Å². The number of nitrogens with zero attached hydrogens (tertiary/aromatic N) is 1. The number of benzene rings is 2. The molecule has 0 bridgehead atoms. The maximum Gasteiger partial charge on any atom is 0.258 e. The minimum atomic E-state index is -3.28. The molecule has 0 atom stereocenters. The lowest BCUT2D eigenvalue weighted by Gasteiger charge is -2.19. The van der Waals surface area contributed by atoms with E-state index in [2.05, 4.69) is 15.9 Å². The third-order valence-electron chi connectivity index (χ3n) is 3.65. The van der Waals surface area contributed by atoms with Crippen LogP contribution < -0.4 is 14.4 Å². The Kier molecular flexibility index (Phi) is 5.74. The van der Waals surface area contributed by atoms with Gasteiger partial charge in [0.05, 0.1) is 19.1 Å². The highest BCUT2D eigenvalue weighted by molar-refractivity contribution is 9.10. The molecule has 2 aromatic rings. The largest absolute Gasteiger partial charge is 0.495 e. The first-order valence-electron chi connectivity index (χ1n) is 7.18. The Morgan fingerprint density at radius 3 is 1.92 bits per heavy atom. The van der Waals surface area contributed by atoms with Gasteiger partial charge in [0, 0.05) is 24.6 Å². The molecular formula is C17H18BrNO5S. The first-order chi connectivity index (χ1) is 11.7. The summed E-state index contributed by atoms with van der Waals surface area (Å²) in [6, 6.07) is 9.32. The summed E-state index contributed by atoms with van der Waals surface area (Å²) in [6.45, 7) is 0. The lowest BCUT2D eigenvalue weighted by atomic mass is 10.1. The zero-order valence-electron chi connectivity index (χ0n) is 14.2. The third kappa shape index (κ3) is 4.13. The van der Waals surface area contributed by atoms with E-state index in [1.165, 1.54) is 31.3 Å². The van der Waals surface area contributed by atoms with Gasteiger partial charge in [-0.1, -0.05) is 0 Å². The van der Waals surface area contributed by atoms with E-state index >= 15 is 0 Å². The molecule has 0 aliphatic heterocycles. The van der Waals surface area contributed by atoms with Crippen LogP contribution in [-0.4, -0.2) is 41.8 Å². The number of ether oxygens (including phenoxy) is 2. The van der Waals surface area contributed by atoms with E-state index in [0.29, 0.717) is 27.2 Å². The fourth-order valence-electron chi connectivity index (χ4n) is 2.22. The maximum absolute atomic E-state index is 12.8. The summed E-state index contributed by atoms with van der Waals surface area (Å²) in [5.41, 5.74) is 0.949. The number of carbonyl (C=O) groups is 1. The van der Waals surface area contributed by atoms with E-state index in [-0.39, 0.29) is 10.8 Å². The second-order valence-electron chi connectivity index (χ2n) is 5.32. The number of methoxy groups -OCH3 is 2. The smallest absolute Gasteiger partial charge is 0.258 e. The average Bonchev–Trinajstić information content (AvgIpc) is 2.60. The summed E-state index contributed by atoms with van der Waals surface area (Å²) in [5.74, 6) is 0.670. The molecule has 0 spiro atoms. The molecule has 0 heterocycles. The van der Waals surface area contributed by atoms with E-state index in [4.69, 9.17) is 9.47 Å². The van der Waals surface area contributed by atoms with Crippen LogP contribution in [-0.2, 0) is 9.84 Å². The standard InChI is InChI=1S/C17H18BrNO5S/c1-19(12-5-7-13(8-6-12)25(4,21)22)17(20)11-9-14(23-2)16(18)15(10-11)24-3/h5-10H,1-4H3. The molecule has 8 heteroatoms. The highest BCUT2D eigenvalue weighted by Crippen LogP contribution is 2.36. The van der Waals surface area contributed by atoms with Gasteiger partial charge >= 0.3 is 0 Å². The Bertz CT molecular complexity index is 869. The number of hydrogen-bond acceptors (Lipinski definition) is 5. The van der Waals surface area contributed by atoms with Gasteiger partial charge in [-0.15, -0.1) is 0 Å². The van der Waals surface area contributed by atoms with Crippen LogP contribution in [0.4, 0.5) is 5.69 Å². The second kappa shape index (κ2) is 7.45. The number of anilines is 1. The van der Waals surface area contributed by atoms with Crippen LogP contribution in [0.1, 0.15) is 10.4 Å². The summed E-state index contributed by atoms with van der Waals surface area (Å²) in [7, 11) is 1.33. The molecule has 0 fully saturated rings. The maximum atomic E-state index is 12.8. The van der Waals surface area contributed by atoms with Crippen LogP contribution in [0.5, 0.6) is 11.5 Å². The van der Waals surface area contributed by atoms with Gasteiger partial charge in [-0.2, -0.15) is 0 Å². The quantitative estimate of drug-likeness (QED) is 0.732. The zero-order valence-corrected chi connectivity index (χ0v) is 16.6. The zero-order chi connectivity index (χ0) is 18.8. The van der Waals surface area contributed by atoms with Crippen LogP contribution >= 0.6 is 15.9 Å². The summed E-state index contributed by atoms with van der Waals surface area (Å²) >= 11 is 3.36. The van der Waals surface area contributed by atoms with Crippen LogP contribution in [0, 0.1) is 0 Å². The van der Waals surface area contributed by atoms with E-state index in [1.54, 1.807) is 31.3 Å². The highest BCUT2D eigenvalue weighted by Gasteiger charge is 2.19. The van der Waals surface area contributed by atoms with Gasteiger partial charge in [-0.25, -0.2) is 8.42 Å². The predicted molar refractivity (Wildman–Crippen MR) is 99.5 cm³/mol. The van der Waals surface area contributed by atoms with Gasteiger partial charge in [0.1, 0.15) is 16.0 Å². The molecule has 0 aromatic heterocycles. The second-order valence-corrected chi connectivity index (χ2v) is 8.13. The fraction of sp³-hybridized carbons (Fsp3) is 0.235. The molecule has 0 saturated heterocycles. The van der Waals surface area contributed by atoms with Crippen LogP contribution in [0.2, 0.25) is 0 Å². The van der Waals surface area contributed by atoms with E-state index in [1.807, 2.05) is 0 Å². The van der Waals surface area contributed by atoms with E-state index < -0.39 is 9.84 Å². The molecule has 0 unspecified atom stereocenters. The average molecular weight is 428 g/mol. The Balaban J connectivity index is 2.37. The van der Waals surface area contributed by atoms with E-state index in [9.17, 15) is 13.2 Å². The van der Waals surface area contributed by atoms with Gasteiger partial charge in [0.25, 0.3) is 5.91 Å². The molecule has 6 nitrogen and oxygen atoms in total. The number of sulfone groups is 1. The van der Waals surface area contributed by atoms with Crippen molar-refractivity contribution in [1.82, 2.24) is 0 Å². The van der Waals surface area contributed by atoms with Crippen molar-refractivity contribution in [3.8, 4) is 11.5 Å². The molecule has 134 valence electrons. The number of carbonyl (C=O) groups excluding carboxylic acids is 1. The minimum Gasteiger partial charge on any atom is -0.495 e. The number of hydrogen-bond donors (Lipinski definition) is 0.